The number of halogens is 1. The van der Waals surface area contributed by atoms with Crippen LogP contribution in [-0.4, -0.2) is 49.4 Å². The number of hydrogen-bond acceptors (Lipinski definition) is 4. The Morgan fingerprint density at radius 3 is 2.39 bits per heavy atom. The number of likely N-dealkylation sites (N-methyl/N-ethyl adjacent to an activating group) is 1. The molecule has 0 spiro atoms. The van der Waals surface area contributed by atoms with Crippen LogP contribution in [0, 0.1) is 5.92 Å². The highest BCUT2D eigenvalue weighted by Crippen LogP contribution is 2.21. The lowest BCUT2D eigenvalue weighted by atomic mass is 9.96. The van der Waals surface area contributed by atoms with Crippen LogP contribution in [0.5, 0.6) is 0 Å². The van der Waals surface area contributed by atoms with E-state index in [-0.39, 0.29) is 30.3 Å². The van der Waals surface area contributed by atoms with E-state index in [1.165, 1.54) is 7.05 Å². The number of hydrogen-bond donors (Lipinski definition) is 1. The summed E-state index contributed by atoms with van der Waals surface area (Å²) < 4.78 is 5.89. The highest BCUT2D eigenvalue weighted by molar-refractivity contribution is 9.10. The Morgan fingerprint density at radius 2 is 1.83 bits per heavy atom. The molecule has 0 unspecified atom stereocenters. The molecule has 1 N–H and O–H groups in total. The Hall–Kier alpha value is -1.89. The maximum atomic E-state index is 12.4. The Balaban J connectivity index is 1.83. The van der Waals surface area contributed by atoms with Gasteiger partial charge in [0.2, 0.25) is 0 Å². The van der Waals surface area contributed by atoms with Crippen LogP contribution in [0.2, 0.25) is 0 Å². The van der Waals surface area contributed by atoms with Gasteiger partial charge < -0.3 is 15.0 Å². The minimum atomic E-state index is -0.371. The van der Waals surface area contributed by atoms with Crippen LogP contribution in [0.15, 0.2) is 28.7 Å². The zero-order valence-corrected chi connectivity index (χ0v) is 14.5. The van der Waals surface area contributed by atoms with Crippen molar-refractivity contribution in [2.24, 2.45) is 5.92 Å². The van der Waals surface area contributed by atoms with Gasteiger partial charge >= 0.3 is 5.97 Å². The molecule has 1 saturated heterocycles. The zero-order chi connectivity index (χ0) is 16.8. The summed E-state index contributed by atoms with van der Waals surface area (Å²) in [6, 6.07) is 7.21. The molecule has 0 aromatic heterocycles. The molecule has 1 aliphatic rings. The van der Waals surface area contributed by atoms with Gasteiger partial charge in [0.1, 0.15) is 0 Å². The van der Waals surface area contributed by atoms with Crippen molar-refractivity contribution in [1.82, 2.24) is 10.2 Å². The van der Waals surface area contributed by atoms with E-state index in [0.717, 1.165) is 4.47 Å². The van der Waals surface area contributed by atoms with Gasteiger partial charge in [0, 0.05) is 30.2 Å². The summed E-state index contributed by atoms with van der Waals surface area (Å²) in [7, 11) is 1.49. The van der Waals surface area contributed by atoms with Crippen LogP contribution in [0.1, 0.15) is 23.2 Å². The molecule has 1 aliphatic heterocycles. The normalized spacial score (nSPS) is 15.1. The SMILES string of the molecule is CNC(=O)COC(=O)C1CCN(C(=O)c2ccc(Br)cc2)CC1. The van der Waals surface area contributed by atoms with E-state index in [9.17, 15) is 14.4 Å². The van der Waals surface area contributed by atoms with Gasteiger partial charge in [-0.3, -0.25) is 14.4 Å². The lowest BCUT2D eigenvalue weighted by Gasteiger charge is -2.31. The van der Waals surface area contributed by atoms with Gasteiger partial charge in [0.15, 0.2) is 6.61 Å². The summed E-state index contributed by atoms with van der Waals surface area (Å²) in [6.07, 6.45) is 1.10. The zero-order valence-electron chi connectivity index (χ0n) is 12.9. The number of carbonyl (C=O) groups excluding carboxylic acids is 3. The Labute approximate surface area is 143 Å². The van der Waals surface area contributed by atoms with E-state index in [0.29, 0.717) is 31.5 Å². The summed E-state index contributed by atoms with van der Waals surface area (Å²) >= 11 is 3.34. The van der Waals surface area contributed by atoms with Crippen molar-refractivity contribution < 1.29 is 19.1 Å². The van der Waals surface area contributed by atoms with E-state index >= 15 is 0 Å². The predicted octanol–water partition coefficient (Wildman–Crippen LogP) is 1.59. The van der Waals surface area contributed by atoms with E-state index < -0.39 is 0 Å². The van der Waals surface area contributed by atoms with E-state index in [2.05, 4.69) is 21.2 Å². The van der Waals surface area contributed by atoms with Crippen molar-refractivity contribution in [2.75, 3.05) is 26.7 Å². The molecule has 7 heteroatoms. The van der Waals surface area contributed by atoms with Crippen molar-refractivity contribution >= 4 is 33.7 Å². The third kappa shape index (κ3) is 4.79. The lowest BCUT2D eigenvalue weighted by molar-refractivity contribution is -0.153. The highest BCUT2D eigenvalue weighted by Gasteiger charge is 2.29. The number of benzene rings is 1. The molecule has 2 rings (SSSR count). The third-order valence-corrected chi connectivity index (χ3v) is 4.36. The van der Waals surface area contributed by atoms with Crippen molar-refractivity contribution in [3.8, 4) is 0 Å². The number of nitrogens with one attached hydrogen (secondary N) is 1. The minimum Gasteiger partial charge on any atom is -0.455 e. The van der Waals surface area contributed by atoms with Gasteiger partial charge in [0.05, 0.1) is 5.92 Å². The maximum absolute atomic E-state index is 12.4. The smallest absolute Gasteiger partial charge is 0.309 e. The molecule has 1 aromatic carbocycles. The third-order valence-electron chi connectivity index (χ3n) is 3.83. The highest BCUT2D eigenvalue weighted by atomic mass is 79.9. The fraction of sp³-hybridized carbons (Fsp3) is 0.438. The standard InChI is InChI=1S/C16H19BrN2O4/c1-18-14(20)10-23-16(22)12-6-8-19(9-7-12)15(21)11-2-4-13(17)5-3-11/h2-5,12H,6-10H2,1H3,(H,18,20). The second-order valence-corrected chi connectivity index (χ2v) is 6.27. The molecular formula is C16H19BrN2O4. The molecular weight excluding hydrogens is 364 g/mol. The second-order valence-electron chi connectivity index (χ2n) is 5.35. The number of nitrogens with zero attached hydrogens (tertiary/aromatic N) is 1. The summed E-state index contributed by atoms with van der Waals surface area (Å²) in [4.78, 5) is 37.1. The van der Waals surface area contributed by atoms with Gasteiger partial charge in [-0.05, 0) is 37.1 Å². The molecule has 0 bridgehead atoms. The fourth-order valence-electron chi connectivity index (χ4n) is 2.42. The van der Waals surface area contributed by atoms with Crippen LogP contribution < -0.4 is 5.32 Å². The van der Waals surface area contributed by atoms with Crippen LogP contribution in [0.3, 0.4) is 0 Å². The van der Waals surface area contributed by atoms with Gasteiger partial charge in [-0.1, -0.05) is 15.9 Å². The van der Waals surface area contributed by atoms with Crippen LogP contribution in [0.4, 0.5) is 0 Å². The number of piperidine rings is 1. The predicted molar refractivity (Wildman–Crippen MR) is 87.8 cm³/mol. The van der Waals surface area contributed by atoms with Crippen LogP contribution >= 0.6 is 15.9 Å². The van der Waals surface area contributed by atoms with E-state index in [4.69, 9.17) is 4.74 Å². The number of rotatable bonds is 4. The Bertz CT molecular complexity index is 580. The molecule has 2 amide bonds. The number of likely N-dealkylation sites (tertiary alicyclic amines) is 1. The minimum absolute atomic E-state index is 0.0327. The summed E-state index contributed by atoms with van der Waals surface area (Å²) in [6.45, 7) is 0.761. The molecule has 0 aliphatic carbocycles. The Kier molecular flexibility index (Phi) is 6.15. The second kappa shape index (κ2) is 8.10. The van der Waals surface area contributed by atoms with Gasteiger partial charge in [-0.2, -0.15) is 0 Å². The number of carbonyl (C=O) groups is 3. The van der Waals surface area contributed by atoms with Crippen LogP contribution in [-0.2, 0) is 14.3 Å². The lowest BCUT2D eigenvalue weighted by Crippen LogP contribution is -2.41. The monoisotopic (exact) mass is 382 g/mol. The summed E-state index contributed by atoms with van der Waals surface area (Å²) in [5, 5.41) is 2.39. The largest absolute Gasteiger partial charge is 0.455 e. The van der Waals surface area contributed by atoms with Crippen molar-refractivity contribution in [3.63, 3.8) is 0 Å². The molecule has 1 heterocycles. The Morgan fingerprint density at radius 1 is 1.22 bits per heavy atom. The molecule has 23 heavy (non-hydrogen) atoms. The number of amides is 2. The van der Waals surface area contributed by atoms with E-state index in [1.54, 1.807) is 17.0 Å². The average Bonchev–Trinajstić information content (AvgIpc) is 2.59. The molecule has 1 aromatic rings. The summed E-state index contributed by atoms with van der Waals surface area (Å²) in [5.41, 5.74) is 0.633. The first-order valence-corrected chi connectivity index (χ1v) is 8.22. The summed E-state index contributed by atoms with van der Waals surface area (Å²) in [5.74, 6) is -0.992. The van der Waals surface area contributed by atoms with Gasteiger partial charge in [-0.25, -0.2) is 0 Å². The van der Waals surface area contributed by atoms with Gasteiger partial charge in [-0.15, -0.1) is 0 Å². The maximum Gasteiger partial charge on any atom is 0.309 e. The number of esters is 1. The van der Waals surface area contributed by atoms with Crippen molar-refractivity contribution in [3.05, 3.63) is 34.3 Å². The molecule has 0 saturated carbocycles. The molecule has 6 nitrogen and oxygen atoms in total. The first-order chi connectivity index (χ1) is 11.0. The average molecular weight is 383 g/mol. The number of ether oxygens (including phenoxy) is 1. The van der Waals surface area contributed by atoms with Crippen LogP contribution in [0.25, 0.3) is 0 Å². The molecule has 0 atom stereocenters. The molecule has 1 fully saturated rings. The quantitative estimate of drug-likeness (QED) is 0.802. The first-order valence-electron chi connectivity index (χ1n) is 7.43. The van der Waals surface area contributed by atoms with Crippen molar-refractivity contribution in [2.45, 2.75) is 12.8 Å². The first kappa shape index (κ1) is 17.5. The van der Waals surface area contributed by atoms with Gasteiger partial charge in [0.25, 0.3) is 11.8 Å². The van der Waals surface area contributed by atoms with E-state index in [1.807, 2.05) is 12.1 Å². The molecule has 124 valence electrons. The topological polar surface area (TPSA) is 75.7 Å². The fourth-order valence-corrected chi connectivity index (χ4v) is 2.68. The molecule has 0 radical (unpaired) electrons. The van der Waals surface area contributed by atoms with Crippen molar-refractivity contribution in [1.29, 1.82) is 0 Å².